The minimum Gasteiger partial charge on any atom is -0.497 e. The maximum Gasteiger partial charge on any atom is 0.238 e. The second kappa shape index (κ2) is 12.6. The van der Waals surface area contributed by atoms with Crippen LogP contribution in [0.4, 0.5) is 11.4 Å². The van der Waals surface area contributed by atoms with E-state index in [0.717, 1.165) is 74.9 Å². The molecule has 35 heavy (non-hydrogen) atoms. The first-order valence-electron chi connectivity index (χ1n) is 12.5. The molecule has 0 aromatic heterocycles. The minimum atomic E-state index is -0.0246. The molecule has 8 heteroatoms. The molecule has 188 valence electrons. The van der Waals surface area contributed by atoms with E-state index in [4.69, 9.17) is 9.47 Å². The van der Waals surface area contributed by atoms with Crippen molar-refractivity contribution in [2.75, 3.05) is 76.4 Å². The zero-order valence-corrected chi connectivity index (χ0v) is 20.6. The van der Waals surface area contributed by atoms with Crippen molar-refractivity contribution in [1.82, 2.24) is 9.80 Å². The van der Waals surface area contributed by atoms with E-state index >= 15 is 0 Å². The van der Waals surface area contributed by atoms with Gasteiger partial charge in [-0.25, -0.2) is 0 Å². The number of ether oxygens (including phenoxy) is 2. The summed E-state index contributed by atoms with van der Waals surface area (Å²) in [6.45, 7) is 6.53. The average Bonchev–Trinajstić information content (AvgIpc) is 3.14. The van der Waals surface area contributed by atoms with Gasteiger partial charge in [-0.2, -0.15) is 0 Å². The number of hydrogen-bond acceptors (Lipinski definition) is 6. The Balaban J connectivity index is 1.19. The standard InChI is InChI=1S/C27H36N4O4/c1-34-25-10-3-22(4-11-25)5-12-27(33)31-14-2-13-29(15-16-31)21-26(32)28-23-6-8-24(9-7-23)30-17-19-35-20-18-30/h3-4,6-11H,2,5,12-21H2,1H3,(H,28,32). The van der Waals surface area contributed by atoms with Crippen molar-refractivity contribution in [2.24, 2.45) is 0 Å². The van der Waals surface area contributed by atoms with Gasteiger partial charge in [0.15, 0.2) is 0 Å². The van der Waals surface area contributed by atoms with E-state index in [1.54, 1.807) is 7.11 Å². The highest BCUT2D eigenvalue weighted by molar-refractivity contribution is 5.92. The summed E-state index contributed by atoms with van der Waals surface area (Å²) in [4.78, 5) is 31.7. The van der Waals surface area contributed by atoms with Gasteiger partial charge in [-0.1, -0.05) is 12.1 Å². The van der Waals surface area contributed by atoms with Gasteiger partial charge in [0.05, 0.1) is 26.9 Å². The third-order valence-electron chi connectivity index (χ3n) is 6.62. The summed E-state index contributed by atoms with van der Waals surface area (Å²) < 4.78 is 10.6. The monoisotopic (exact) mass is 480 g/mol. The lowest BCUT2D eigenvalue weighted by atomic mass is 10.1. The Hall–Kier alpha value is -3.10. The molecule has 0 saturated carbocycles. The van der Waals surface area contributed by atoms with Crippen LogP contribution in [-0.4, -0.2) is 87.8 Å². The third-order valence-corrected chi connectivity index (χ3v) is 6.62. The number of rotatable bonds is 8. The number of morpholine rings is 1. The first-order chi connectivity index (χ1) is 17.1. The maximum absolute atomic E-state index is 12.8. The number of anilines is 2. The van der Waals surface area contributed by atoms with Crippen LogP contribution in [0.2, 0.25) is 0 Å². The molecule has 0 unspecified atom stereocenters. The molecular weight excluding hydrogens is 444 g/mol. The SMILES string of the molecule is COc1ccc(CCC(=O)N2CCCN(CC(=O)Nc3ccc(N4CCOCC4)cc3)CC2)cc1. The van der Waals surface area contributed by atoms with Crippen LogP contribution < -0.4 is 15.0 Å². The Morgan fingerprint density at radius 1 is 0.914 bits per heavy atom. The van der Waals surface area contributed by atoms with Crippen LogP contribution in [0.25, 0.3) is 0 Å². The smallest absolute Gasteiger partial charge is 0.238 e. The number of carbonyl (C=O) groups is 2. The van der Waals surface area contributed by atoms with Crippen LogP contribution >= 0.6 is 0 Å². The molecule has 0 atom stereocenters. The Kier molecular flexibility index (Phi) is 8.97. The Bertz CT molecular complexity index is 958. The molecule has 2 aromatic carbocycles. The highest BCUT2D eigenvalue weighted by Gasteiger charge is 2.20. The molecule has 1 N–H and O–H groups in total. The van der Waals surface area contributed by atoms with Crippen LogP contribution in [0.1, 0.15) is 18.4 Å². The molecule has 0 radical (unpaired) electrons. The lowest BCUT2D eigenvalue weighted by Crippen LogP contribution is -2.38. The summed E-state index contributed by atoms with van der Waals surface area (Å²) in [5, 5.41) is 3.01. The molecule has 2 aliphatic rings. The topological polar surface area (TPSA) is 74.4 Å². The molecule has 2 aliphatic heterocycles. The molecule has 2 aromatic rings. The average molecular weight is 481 g/mol. The van der Waals surface area contributed by atoms with Crippen LogP contribution in [0.3, 0.4) is 0 Å². The number of amides is 2. The van der Waals surface area contributed by atoms with Crippen molar-refractivity contribution in [1.29, 1.82) is 0 Å². The minimum absolute atomic E-state index is 0.0246. The summed E-state index contributed by atoms with van der Waals surface area (Å²) >= 11 is 0. The van der Waals surface area contributed by atoms with Crippen molar-refractivity contribution in [3.8, 4) is 5.75 Å². The fourth-order valence-corrected chi connectivity index (χ4v) is 4.56. The Labute approximate surface area is 207 Å². The van der Waals surface area contributed by atoms with E-state index in [1.807, 2.05) is 53.4 Å². The fourth-order valence-electron chi connectivity index (χ4n) is 4.56. The van der Waals surface area contributed by atoms with Crippen LogP contribution in [0, 0.1) is 0 Å². The summed E-state index contributed by atoms with van der Waals surface area (Å²) in [7, 11) is 1.65. The highest BCUT2D eigenvalue weighted by Crippen LogP contribution is 2.19. The molecule has 2 amide bonds. The first kappa shape index (κ1) is 25.0. The zero-order valence-electron chi connectivity index (χ0n) is 20.6. The number of nitrogens with zero attached hydrogens (tertiary/aromatic N) is 3. The number of aryl methyl sites for hydroxylation is 1. The van der Waals surface area contributed by atoms with Gasteiger partial charge in [0.1, 0.15) is 5.75 Å². The van der Waals surface area contributed by atoms with Crippen LogP contribution in [0.15, 0.2) is 48.5 Å². The number of carbonyl (C=O) groups excluding carboxylic acids is 2. The van der Waals surface area contributed by atoms with Gasteiger partial charge in [-0.05, 0) is 54.8 Å². The van der Waals surface area contributed by atoms with Crippen molar-refractivity contribution in [3.63, 3.8) is 0 Å². The summed E-state index contributed by atoms with van der Waals surface area (Å²) in [6, 6.07) is 15.9. The van der Waals surface area contributed by atoms with Gasteiger partial charge >= 0.3 is 0 Å². The van der Waals surface area contributed by atoms with Crippen LogP contribution in [0.5, 0.6) is 5.75 Å². The van der Waals surface area contributed by atoms with Crippen molar-refractivity contribution < 1.29 is 19.1 Å². The van der Waals surface area contributed by atoms with E-state index in [-0.39, 0.29) is 11.8 Å². The van der Waals surface area contributed by atoms with E-state index in [9.17, 15) is 9.59 Å². The molecule has 2 saturated heterocycles. The summed E-state index contributed by atoms with van der Waals surface area (Å²) in [5.74, 6) is 0.970. The number of nitrogens with one attached hydrogen (secondary N) is 1. The van der Waals surface area contributed by atoms with Gasteiger partial charge < -0.3 is 24.6 Å². The van der Waals surface area contributed by atoms with E-state index in [0.29, 0.717) is 26.1 Å². The lowest BCUT2D eigenvalue weighted by molar-refractivity contribution is -0.131. The molecule has 2 heterocycles. The predicted molar refractivity (Wildman–Crippen MR) is 137 cm³/mol. The maximum atomic E-state index is 12.8. The van der Waals surface area contributed by atoms with Crippen molar-refractivity contribution in [3.05, 3.63) is 54.1 Å². The molecule has 8 nitrogen and oxygen atoms in total. The van der Waals surface area contributed by atoms with Gasteiger partial charge in [-0.15, -0.1) is 0 Å². The zero-order chi connectivity index (χ0) is 24.5. The second-order valence-electron chi connectivity index (χ2n) is 9.05. The quantitative estimate of drug-likeness (QED) is 0.626. The van der Waals surface area contributed by atoms with Gasteiger partial charge in [0, 0.05) is 57.1 Å². The molecule has 4 rings (SSSR count). The van der Waals surface area contributed by atoms with E-state index in [2.05, 4.69) is 15.1 Å². The largest absolute Gasteiger partial charge is 0.497 e. The van der Waals surface area contributed by atoms with Crippen LogP contribution in [-0.2, 0) is 20.7 Å². The van der Waals surface area contributed by atoms with Crippen molar-refractivity contribution in [2.45, 2.75) is 19.3 Å². The Morgan fingerprint density at radius 3 is 2.37 bits per heavy atom. The molecule has 2 fully saturated rings. The summed E-state index contributed by atoms with van der Waals surface area (Å²) in [5.41, 5.74) is 3.08. The summed E-state index contributed by atoms with van der Waals surface area (Å²) in [6.07, 6.45) is 2.08. The van der Waals surface area contributed by atoms with Gasteiger partial charge in [-0.3, -0.25) is 14.5 Å². The molecular formula is C27H36N4O4. The van der Waals surface area contributed by atoms with Gasteiger partial charge in [0.2, 0.25) is 11.8 Å². The normalized spacial score (nSPS) is 17.1. The van der Waals surface area contributed by atoms with Gasteiger partial charge in [0.25, 0.3) is 0 Å². The Morgan fingerprint density at radius 2 is 1.66 bits per heavy atom. The number of hydrogen-bond donors (Lipinski definition) is 1. The first-order valence-corrected chi connectivity index (χ1v) is 12.5. The predicted octanol–water partition coefficient (Wildman–Crippen LogP) is 2.64. The van der Waals surface area contributed by atoms with E-state index in [1.165, 1.54) is 0 Å². The molecule has 0 spiro atoms. The lowest BCUT2D eigenvalue weighted by Gasteiger charge is -2.29. The van der Waals surface area contributed by atoms with E-state index < -0.39 is 0 Å². The molecule has 0 bridgehead atoms. The number of methoxy groups -OCH3 is 1. The van der Waals surface area contributed by atoms with Crippen molar-refractivity contribution >= 4 is 23.2 Å². The third kappa shape index (κ3) is 7.44. The number of benzene rings is 2. The molecule has 0 aliphatic carbocycles. The highest BCUT2D eigenvalue weighted by atomic mass is 16.5. The second-order valence-corrected chi connectivity index (χ2v) is 9.05. The fraction of sp³-hybridized carbons (Fsp3) is 0.481.